The van der Waals surface area contributed by atoms with Gasteiger partial charge in [0, 0.05) is 29.1 Å². The molecule has 2 aliphatic heterocycles. The molecule has 1 aromatic carbocycles. The maximum atomic E-state index is 13.2. The Kier molecular flexibility index (Phi) is 7.03. The highest BCUT2D eigenvalue weighted by molar-refractivity contribution is 6.34. The van der Waals surface area contributed by atoms with Crippen molar-refractivity contribution in [3.8, 4) is 11.5 Å². The average Bonchev–Trinajstić information content (AvgIpc) is 3.12. The summed E-state index contributed by atoms with van der Waals surface area (Å²) in [7, 11) is 1.66. The van der Waals surface area contributed by atoms with Gasteiger partial charge in [0.2, 0.25) is 0 Å². The molecule has 0 bridgehead atoms. The van der Waals surface area contributed by atoms with Crippen LogP contribution in [-0.2, 0) is 11.3 Å². The minimum atomic E-state index is -0.611. The van der Waals surface area contributed by atoms with E-state index < -0.39 is 11.7 Å². The molecule has 2 aromatic rings. The van der Waals surface area contributed by atoms with Gasteiger partial charge in [0.1, 0.15) is 17.1 Å². The number of ether oxygens (including phenoxy) is 3. The number of rotatable bonds is 4. The Hall–Kier alpha value is -3.26. The van der Waals surface area contributed by atoms with Gasteiger partial charge in [-0.3, -0.25) is 4.90 Å². The van der Waals surface area contributed by atoms with E-state index in [1.165, 1.54) is 0 Å². The largest absolute Gasteiger partial charge is 0.497 e. The number of azo groups is 1. The Labute approximate surface area is 221 Å². The Balaban J connectivity index is 1.42. The number of fused-ring (bicyclic) bond motifs is 3. The van der Waals surface area contributed by atoms with E-state index in [0.717, 1.165) is 64.8 Å². The average molecular weight is 525 g/mol. The number of amides is 1. The summed E-state index contributed by atoms with van der Waals surface area (Å²) in [5.41, 5.74) is 2.05. The lowest BCUT2D eigenvalue weighted by Gasteiger charge is -2.29. The van der Waals surface area contributed by atoms with Crippen molar-refractivity contribution in [3.05, 3.63) is 51.6 Å². The number of hydrogen-bond donors (Lipinski definition) is 1. The molecule has 1 fully saturated rings. The number of nitrogens with zero attached hydrogens (tertiary/aromatic N) is 3. The summed E-state index contributed by atoms with van der Waals surface area (Å²) in [5, 5.41) is 11.3. The SMILES string of the molecule is COc1cccc(O[C@H]2CC[C@H](C3=c4[nH]c5c(c4CN=N3)N(C(=O)OC(C)(C)C)CC=C(Cl)C=5)CC2)c1. The molecule has 1 saturated carbocycles. The molecule has 5 rings (SSSR count). The van der Waals surface area contributed by atoms with E-state index in [2.05, 4.69) is 15.2 Å². The predicted octanol–water partition coefficient (Wildman–Crippen LogP) is 5.39. The van der Waals surface area contributed by atoms with Crippen LogP contribution < -0.4 is 25.1 Å². The topological polar surface area (TPSA) is 88.5 Å². The fourth-order valence-corrected chi connectivity index (χ4v) is 5.30. The van der Waals surface area contributed by atoms with Gasteiger partial charge < -0.3 is 19.2 Å². The molecule has 9 heteroatoms. The number of aromatic nitrogens is 1. The second kappa shape index (κ2) is 10.2. The third kappa shape index (κ3) is 5.54. The Morgan fingerprint density at radius 1 is 1.16 bits per heavy atom. The Bertz CT molecular complexity index is 1360. The lowest BCUT2D eigenvalue weighted by Crippen LogP contribution is -2.39. The number of nitrogens with one attached hydrogen (secondary N) is 1. The third-order valence-corrected chi connectivity index (χ3v) is 7.07. The van der Waals surface area contributed by atoms with E-state index >= 15 is 0 Å². The van der Waals surface area contributed by atoms with Crippen LogP contribution in [-0.4, -0.2) is 36.4 Å². The van der Waals surface area contributed by atoms with E-state index in [1.807, 2.05) is 57.2 Å². The number of hydrogen-bond acceptors (Lipinski definition) is 6. The van der Waals surface area contributed by atoms with Gasteiger partial charge in [-0.05, 0) is 70.7 Å². The molecule has 0 atom stereocenters. The summed E-state index contributed by atoms with van der Waals surface area (Å²) < 4.78 is 17.3. The Morgan fingerprint density at radius 3 is 2.65 bits per heavy atom. The number of carbonyl (C=O) groups is 1. The van der Waals surface area contributed by atoms with Gasteiger partial charge >= 0.3 is 6.09 Å². The van der Waals surface area contributed by atoms with Crippen molar-refractivity contribution in [1.82, 2.24) is 4.98 Å². The van der Waals surface area contributed by atoms with Crippen molar-refractivity contribution in [2.24, 2.45) is 16.1 Å². The first-order valence-electron chi connectivity index (χ1n) is 12.7. The minimum Gasteiger partial charge on any atom is -0.497 e. The molecule has 0 spiro atoms. The van der Waals surface area contributed by atoms with E-state index in [0.29, 0.717) is 18.1 Å². The first-order chi connectivity index (χ1) is 17.7. The molecular formula is C28H33ClN4O4. The molecule has 8 nitrogen and oxygen atoms in total. The van der Waals surface area contributed by atoms with E-state index in [4.69, 9.17) is 25.8 Å². The second-order valence-electron chi connectivity index (χ2n) is 10.6. The summed E-state index contributed by atoms with van der Waals surface area (Å²) >= 11 is 6.43. The molecule has 1 aliphatic carbocycles. The number of methoxy groups -OCH3 is 1. The van der Waals surface area contributed by atoms with Gasteiger partial charge in [0.05, 0.1) is 41.8 Å². The van der Waals surface area contributed by atoms with Crippen LogP contribution in [0.25, 0.3) is 11.8 Å². The third-order valence-electron chi connectivity index (χ3n) is 6.81. The molecule has 1 aromatic heterocycles. The lowest BCUT2D eigenvalue weighted by atomic mass is 9.84. The van der Waals surface area contributed by atoms with Crippen LogP contribution in [0.15, 0.2) is 45.6 Å². The van der Waals surface area contributed by atoms with Crippen molar-refractivity contribution in [3.63, 3.8) is 0 Å². The molecule has 3 heterocycles. The molecule has 0 radical (unpaired) electrons. The van der Waals surface area contributed by atoms with Gasteiger partial charge in [-0.25, -0.2) is 4.79 Å². The molecule has 3 aliphatic rings. The van der Waals surface area contributed by atoms with Crippen molar-refractivity contribution in [2.45, 2.75) is 64.7 Å². The zero-order chi connectivity index (χ0) is 26.2. The van der Waals surface area contributed by atoms with Crippen LogP contribution in [0, 0.1) is 5.92 Å². The number of halogens is 1. The summed E-state index contributed by atoms with van der Waals surface area (Å²) in [6.45, 7) is 6.29. The highest BCUT2D eigenvalue weighted by Crippen LogP contribution is 2.35. The van der Waals surface area contributed by atoms with Crippen LogP contribution in [0.3, 0.4) is 0 Å². The molecule has 37 heavy (non-hydrogen) atoms. The quantitative estimate of drug-likeness (QED) is 0.580. The maximum absolute atomic E-state index is 13.2. The van der Waals surface area contributed by atoms with Gasteiger partial charge in [0.15, 0.2) is 0 Å². The van der Waals surface area contributed by atoms with Crippen LogP contribution >= 0.6 is 11.6 Å². The molecule has 196 valence electrons. The highest BCUT2D eigenvalue weighted by atomic mass is 35.5. The van der Waals surface area contributed by atoms with Crippen LogP contribution in [0.4, 0.5) is 10.5 Å². The number of allylic oxidation sites excluding steroid dienone is 1. The summed E-state index contributed by atoms with van der Waals surface area (Å²) in [6.07, 6.45) is 7.11. The van der Waals surface area contributed by atoms with Crippen LogP contribution in [0.2, 0.25) is 0 Å². The zero-order valence-electron chi connectivity index (χ0n) is 21.7. The normalized spacial score (nSPS) is 21.3. The summed E-state index contributed by atoms with van der Waals surface area (Å²) in [6, 6.07) is 7.73. The monoisotopic (exact) mass is 524 g/mol. The Morgan fingerprint density at radius 2 is 1.92 bits per heavy atom. The van der Waals surface area contributed by atoms with E-state index in [1.54, 1.807) is 12.0 Å². The molecule has 0 unspecified atom stereocenters. The van der Waals surface area contributed by atoms with Crippen molar-refractivity contribution in [2.75, 3.05) is 18.6 Å². The van der Waals surface area contributed by atoms with Gasteiger partial charge in [-0.1, -0.05) is 17.7 Å². The first-order valence-corrected chi connectivity index (χ1v) is 13.1. The molecular weight excluding hydrogens is 492 g/mol. The fraction of sp³-hybridized carbons (Fsp3) is 0.464. The number of H-pyrrole nitrogens is 1. The van der Waals surface area contributed by atoms with Crippen LogP contribution in [0.1, 0.15) is 52.0 Å². The summed E-state index contributed by atoms with van der Waals surface area (Å²) in [5.74, 6) is 1.86. The van der Waals surface area contributed by atoms with Crippen molar-refractivity contribution in [1.29, 1.82) is 0 Å². The standard InChI is InChI=1S/C28H33ClN4O4/c1-28(2,3)37-27(34)33-13-12-18(29)14-23-26(33)22-16-30-32-24(25(22)31-23)17-8-10-19(11-9-17)36-21-7-5-6-20(15-21)35-4/h5-7,12,14-15,17,19,31H,8-11,13,16H2,1-4H3/t17-,19-. The number of aromatic amines is 1. The van der Waals surface area contributed by atoms with Crippen molar-refractivity contribution >= 4 is 35.2 Å². The first kappa shape index (κ1) is 25.4. The van der Waals surface area contributed by atoms with E-state index in [9.17, 15) is 4.79 Å². The minimum absolute atomic E-state index is 0.143. The maximum Gasteiger partial charge on any atom is 0.415 e. The second-order valence-corrected chi connectivity index (χ2v) is 11.1. The predicted molar refractivity (Wildman–Crippen MR) is 143 cm³/mol. The molecule has 1 amide bonds. The van der Waals surface area contributed by atoms with Crippen LogP contribution in [0.5, 0.6) is 11.5 Å². The molecule has 1 N–H and O–H groups in total. The fourth-order valence-electron chi connectivity index (χ4n) is 5.12. The zero-order valence-corrected chi connectivity index (χ0v) is 22.5. The smallest absolute Gasteiger partial charge is 0.415 e. The van der Waals surface area contributed by atoms with Gasteiger partial charge in [0.25, 0.3) is 0 Å². The van der Waals surface area contributed by atoms with Gasteiger partial charge in [-0.2, -0.15) is 10.2 Å². The van der Waals surface area contributed by atoms with E-state index in [-0.39, 0.29) is 12.0 Å². The lowest BCUT2D eigenvalue weighted by molar-refractivity contribution is 0.0584. The highest BCUT2D eigenvalue weighted by Gasteiger charge is 2.32. The summed E-state index contributed by atoms with van der Waals surface area (Å²) in [4.78, 5) is 18.3. The van der Waals surface area contributed by atoms with Crippen molar-refractivity contribution < 1.29 is 19.0 Å². The number of benzene rings is 1. The number of anilines is 1. The van der Waals surface area contributed by atoms with Gasteiger partial charge in [-0.15, -0.1) is 0 Å². The number of carbonyl (C=O) groups excluding carboxylic acids is 1. The molecule has 0 saturated heterocycles.